The Morgan fingerprint density at radius 1 is 1.31 bits per heavy atom. The second-order valence-electron chi connectivity index (χ2n) is 3.72. The minimum atomic E-state index is -0.411. The number of rotatable bonds is 4. The zero-order valence-electron chi connectivity index (χ0n) is 9.26. The maximum absolute atomic E-state index is 10.1. The Morgan fingerprint density at radius 3 is 2.94 bits per heavy atom. The minimum absolute atomic E-state index is 0.411. The minimum Gasteiger partial charge on any atom is -0.388 e. The van der Waals surface area contributed by atoms with Crippen LogP contribution in [0.25, 0.3) is 10.9 Å². The molecule has 1 heterocycles. The second kappa shape index (κ2) is 5.32. The van der Waals surface area contributed by atoms with Crippen molar-refractivity contribution in [3.8, 4) is 0 Å². The highest BCUT2D eigenvalue weighted by Crippen LogP contribution is 2.25. The molecule has 3 heteroatoms. The van der Waals surface area contributed by atoms with Gasteiger partial charge in [0.15, 0.2) is 0 Å². The number of pyridine rings is 1. The average Bonchev–Trinajstić information content (AvgIpc) is 2.35. The van der Waals surface area contributed by atoms with Crippen LogP contribution in [0.15, 0.2) is 36.5 Å². The summed E-state index contributed by atoms with van der Waals surface area (Å²) in [5, 5.41) is 11.2. The predicted molar refractivity (Wildman–Crippen MR) is 69.7 cm³/mol. The van der Waals surface area contributed by atoms with Crippen molar-refractivity contribution in [3.05, 3.63) is 42.1 Å². The number of hydrogen-bond donors (Lipinski definition) is 1. The van der Waals surface area contributed by atoms with Crippen LogP contribution in [0.1, 0.15) is 18.1 Å². The fourth-order valence-electron chi connectivity index (χ4n) is 1.78. The van der Waals surface area contributed by atoms with Crippen molar-refractivity contribution >= 4 is 22.7 Å². The molecule has 1 atom stereocenters. The number of fused-ring (bicyclic) bond motifs is 1. The molecule has 0 aliphatic rings. The van der Waals surface area contributed by atoms with E-state index in [4.69, 9.17) is 0 Å². The number of benzene rings is 1. The van der Waals surface area contributed by atoms with Crippen molar-refractivity contribution < 1.29 is 5.11 Å². The molecule has 0 radical (unpaired) electrons. The first-order chi connectivity index (χ1) is 7.83. The van der Waals surface area contributed by atoms with E-state index in [0.29, 0.717) is 0 Å². The number of hydrogen-bond acceptors (Lipinski definition) is 3. The lowest BCUT2D eigenvalue weighted by molar-refractivity contribution is 0.176. The zero-order chi connectivity index (χ0) is 11.4. The molecule has 2 aromatic rings. The van der Waals surface area contributed by atoms with Gasteiger partial charge in [0.25, 0.3) is 0 Å². The number of thioether (sulfide) groups is 1. The third-order valence-corrected chi connectivity index (χ3v) is 3.26. The van der Waals surface area contributed by atoms with Gasteiger partial charge < -0.3 is 5.11 Å². The summed E-state index contributed by atoms with van der Waals surface area (Å²) < 4.78 is 0. The summed E-state index contributed by atoms with van der Waals surface area (Å²) >= 11 is 1.75. The van der Waals surface area contributed by atoms with Crippen molar-refractivity contribution in [2.75, 3.05) is 12.0 Å². The van der Waals surface area contributed by atoms with E-state index >= 15 is 0 Å². The zero-order valence-corrected chi connectivity index (χ0v) is 10.1. The summed E-state index contributed by atoms with van der Waals surface area (Å²) in [6.07, 6.45) is 4.18. The smallest absolute Gasteiger partial charge is 0.0819 e. The molecule has 1 unspecified atom stereocenters. The molecule has 0 aliphatic carbocycles. The van der Waals surface area contributed by atoms with Gasteiger partial charge in [0.2, 0.25) is 0 Å². The lowest BCUT2D eigenvalue weighted by atomic mass is 10.0. The molecule has 16 heavy (non-hydrogen) atoms. The molecule has 0 spiro atoms. The number of aliphatic hydroxyl groups is 1. The van der Waals surface area contributed by atoms with E-state index in [1.165, 1.54) is 0 Å². The molecule has 0 saturated heterocycles. The molecule has 1 N–H and O–H groups in total. The summed E-state index contributed by atoms with van der Waals surface area (Å²) in [7, 11) is 0. The molecule has 0 aliphatic heterocycles. The largest absolute Gasteiger partial charge is 0.388 e. The van der Waals surface area contributed by atoms with Gasteiger partial charge in [-0.3, -0.25) is 4.98 Å². The van der Waals surface area contributed by atoms with E-state index < -0.39 is 6.10 Å². The molecular weight excluding hydrogens is 218 g/mol. The quantitative estimate of drug-likeness (QED) is 0.881. The topological polar surface area (TPSA) is 33.1 Å². The van der Waals surface area contributed by atoms with E-state index in [2.05, 4.69) is 4.98 Å². The molecule has 0 fully saturated rings. The molecule has 2 nitrogen and oxygen atoms in total. The van der Waals surface area contributed by atoms with E-state index in [-0.39, 0.29) is 0 Å². The van der Waals surface area contributed by atoms with Gasteiger partial charge in [-0.05, 0) is 24.5 Å². The Labute approximate surface area is 99.7 Å². The highest BCUT2D eigenvalue weighted by Gasteiger charge is 2.10. The Bertz CT molecular complexity index is 467. The lowest BCUT2D eigenvalue weighted by Crippen LogP contribution is -2.00. The molecule has 2 rings (SSSR count). The van der Waals surface area contributed by atoms with Crippen molar-refractivity contribution in [3.63, 3.8) is 0 Å². The molecule has 1 aromatic carbocycles. The molecule has 1 aromatic heterocycles. The van der Waals surface area contributed by atoms with Gasteiger partial charge in [-0.1, -0.05) is 24.3 Å². The van der Waals surface area contributed by atoms with Gasteiger partial charge in [-0.15, -0.1) is 0 Å². The highest BCUT2D eigenvalue weighted by molar-refractivity contribution is 7.98. The van der Waals surface area contributed by atoms with Crippen molar-refractivity contribution in [1.82, 2.24) is 4.98 Å². The summed E-state index contributed by atoms with van der Waals surface area (Å²) in [4.78, 5) is 4.34. The average molecular weight is 233 g/mol. The van der Waals surface area contributed by atoms with Crippen molar-refractivity contribution in [2.45, 2.75) is 12.5 Å². The first-order valence-corrected chi connectivity index (χ1v) is 6.73. The Hall–Kier alpha value is -1.06. The van der Waals surface area contributed by atoms with Crippen LogP contribution in [0, 0.1) is 0 Å². The number of aliphatic hydroxyl groups excluding tert-OH is 1. The molecule has 84 valence electrons. The standard InChI is InChI=1S/C13H15NOS/c1-16-9-7-12(15)11-6-2-4-10-5-3-8-14-13(10)11/h2-6,8,12,15H,7,9H2,1H3. The van der Waals surface area contributed by atoms with Gasteiger partial charge in [-0.2, -0.15) is 11.8 Å². The van der Waals surface area contributed by atoms with Crippen molar-refractivity contribution in [1.29, 1.82) is 0 Å². The van der Waals surface area contributed by atoms with E-state index in [9.17, 15) is 5.11 Å². The highest BCUT2D eigenvalue weighted by atomic mass is 32.2. The predicted octanol–water partition coefficient (Wildman–Crippen LogP) is 3.02. The summed E-state index contributed by atoms with van der Waals surface area (Å²) in [6.45, 7) is 0. The van der Waals surface area contributed by atoms with Crippen LogP contribution >= 0.6 is 11.8 Å². The second-order valence-corrected chi connectivity index (χ2v) is 4.71. The summed E-state index contributed by atoms with van der Waals surface area (Å²) in [5.74, 6) is 0.963. The van der Waals surface area contributed by atoms with Crippen LogP contribution in [-0.4, -0.2) is 22.1 Å². The SMILES string of the molecule is CSCCC(O)c1cccc2cccnc12. The van der Waals surface area contributed by atoms with Gasteiger partial charge in [0.05, 0.1) is 11.6 Å². The Morgan fingerprint density at radius 2 is 2.12 bits per heavy atom. The molecule has 0 saturated carbocycles. The number of aromatic nitrogens is 1. The van der Waals surface area contributed by atoms with Crippen LogP contribution in [0.2, 0.25) is 0 Å². The van der Waals surface area contributed by atoms with Gasteiger partial charge >= 0.3 is 0 Å². The molecule has 0 bridgehead atoms. The van der Waals surface area contributed by atoms with Gasteiger partial charge in [-0.25, -0.2) is 0 Å². The van der Waals surface area contributed by atoms with Gasteiger partial charge in [0, 0.05) is 17.1 Å². The maximum Gasteiger partial charge on any atom is 0.0819 e. The number of nitrogens with zero attached hydrogens (tertiary/aromatic N) is 1. The van der Waals surface area contributed by atoms with E-state index in [0.717, 1.165) is 28.6 Å². The third kappa shape index (κ3) is 2.36. The van der Waals surface area contributed by atoms with Crippen LogP contribution in [0.3, 0.4) is 0 Å². The van der Waals surface area contributed by atoms with Crippen LogP contribution in [-0.2, 0) is 0 Å². The maximum atomic E-state index is 10.1. The van der Waals surface area contributed by atoms with Crippen molar-refractivity contribution in [2.24, 2.45) is 0 Å². The van der Waals surface area contributed by atoms with E-state index in [1.807, 2.05) is 36.6 Å². The normalized spacial score (nSPS) is 12.9. The fourth-order valence-corrected chi connectivity index (χ4v) is 2.24. The fraction of sp³-hybridized carbons (Fsp3) is 0.308. The molecular formula is C13H15NOS. The summed E-state index contributed by atoms with van der Waals surface area (Å²) in [6, 6.07) is 9.89. The third-order valence-electron chi connectivity index (χ3n) is 2.62. The van der Waals surface area contributed by atoms with E-state index in [1.54, 1.807) is 18.0 Å². The number of para-hydroxylation sites is 1. The lowest BCUT2D eigenvalue weighted by Gasteiger charge is -2.12. The molecule has 0 amide bonds. The van der Waals surface area contributed by atoms with Crippen LogP contribution < -0.4 is 0 Å². The Kier molecular flexibility index (Phi) is 3.80. The Balaban J connectivity index is 2.36. The van der Waals surface area contributed by atoms with Crippen LogP contribution in [0.4, 0.5) is 0 Å². The first-order valence-electron chi connectivity index (χ1n) is 5.33. The van der Waals surface area contributed by atoms with Crippen LogP contribution in [0.5, 0.6) is 0 Å². The summed E-state index contributed by atoms with van der Waals surface area (Å²) in [5.41, 5.74) is 1.85. The monoisotopic (exact) mass is 233 g/mol. The first kappa shape index (κ1) is 11.4. The van der Waals surface area contributed by atoms with Gasteiger partial charge in [0.1, 0.15) is 0 Å².